The van der Waals surface area contributed by atoms with Gasteiger partial charge in [-0.1, -0.05) is 66.7 Å². The molecule has 0 unspecified atom stereocenters. The summed E-state index contributed by atoms with van der Waals surface area (Å²) in [7, 11) is 0. The van der Waals surface area contributed by atoms with Gasteiger partial charge in [0.25, 0.3) is 0 Å². The first-order chi connectivity index (χ1) is 20.6. The SMILES string of the molecule is O=C(/C=C/c1ccccc1)N[C@@H]1CC[C@@]2(OCc3ccccc3)[C@H]3Cc4ccc(O)c5c4[C@@]2(CCN3CC2CC2)[C@H]1O5. The lowest BCUT2D eigenvalue weighted by atomic mass is 9.48. The lowest BCUT2D eigenvalue weighted by molar-refractivity contribution is -0.226. The number of phenolic OH excluding ortho intramolecular Hbond substituents is 1. The third kappa shape index (κ3) is 4.03. The van der Waals surface area contributed by atoms with Gasteiger partial charge in [-0.2, -0.15) is 0 Å². The molecule has 2 N–H and O–H groups in total. The maximum Gasteiger partial charge on any atom is 0.244 e. The van der Waals surface area contributed by atoms with Gasteiger partial charge in [0.2, 0.25) is 5.91 Å². The highest BCUT2D eigenvalue weighted by atomic mass is 16.5. The predicted molar refractivity (Wildman–Crippen MR) is 161 cm³/mol. The van der Waals surface area contributed by atoms with Crippen LogP contribution < -0.4 is 10.1 Å². The maximum atomic E-state index is 13.3. The van der Waals surface area contributed by atoms with Gasteiger partial charge in [0, 0.05) is 24.2 Å². The summed E-state index contributed by atoms with van der Waals surface area (Å²) in [6.45, 7) is 2.62. The number of nitrogens with zero attached hydrogens (tertiary/aromatic N) is 1. The molecule has 2 bridgehead atoms. The van der Waals surface area contributed by atoms with Gasteiger partial charge >= 0.3 is 0 Å². The Morgan fingerprint density at radius 2 is 1.81 bits per heavy atom. The average molecular weight is 563 g/mol. The fourth-order valence-corrected chi connectivity index (χ4v) is 8.65. The van der Waals surface area contributed by atoms with Gasteiger partial charge in [-0.05, 0) is 79.8 Å². The Hall–Kier alpha value is -3.61. The molecule has 3 fully saturated rings. The van der Waals surface area contributed by atoms with Gasteiger partial charge < -0.3 is 19.9 Å². The van der Waals surface area contributed by atoms with Crippen LogP contribution in [0.2, 0.25) is 0 Å². The van der Waals surface area contributed by atoms with E-state index >= 15 is 0 Å². The van der Waals surface area contributed by atoms with Crippen LogP contribution >= 0.6 is 0 Å². The van der Waals surface area contributed by atoms with E-state index in [1.807, 2.05) is 42.5 Å². The number of hydrogen-bond donors (Lipinski definition) is 2. The number of carbonyl (C=O) groups excluding carboxylic acids is 1. The molecule has 0 radical (unpaired) electrons. The van der Waals surface area contributed by atoms with Crippen molar-refractivity contribution in [1.82, 2.24) is 10.2 Å². The van der Waals surface area contributed by atoms with E-state index in [2.05, 4.69) is 40.5 Å². The number of hydrogen-bond acceptors (Lipinski definition) is 5. The number of rotatable bonds is 8. The molecule has 2 heterocycles. The Morgan fingerprint density at radius 3 is 2.60 bits per heavy atom. The van der Waals surface area contributed by atoms with Crippen LogP contribution in [0.4, 0.5) is 0 Å². The number of amides is 1. The number of nitrogens with one attached hydrogen (secondary N) is 1. The standard InChI is InChI=1S/C36H38N2O4/c39-29-15-14-27-21-30-36(41-23-26-9-5-2-6-10-26)18-17-28(37-31(40)16-13-24-7-3-1-4-8-24)34-35(36,32(27)33(29)42-34)19-20-38(30)22-25-11-12-25/h1-10,13-16,25,28,30,34,39H,11-12,17-23H2,(H,37,40)/b16-13+/t28-,30-,34+,35+,36-/m1/s1. The van der Waals surface area contributed by atoms with Crippen molar-refractivity contribution in [3.8, 4) is 11.5 Å². The Morgan fingerprint density at radius 1 is 1.02 bits per heavy atom. The molecule has 2 saturated carbocycles. The summed E-state index contributed by atoms with van der Waals surface area (Å²) in [5.41, 5.74) is 3.60. The Labute approximate surface area is 247 Å². The zero-order chi connectivity index (χ0) is 28.3. The summed E-state index contributed by atoms with van der Waals surface area (Å²) in [5.74, 6) is 1.44. The zero-order valence-electron chi connectivity index (χ0n) is 23.9. The molecule has 2 aliphatic heterocycles. The molecule has 3 aromatic carbocycles. The molecule has 6 nitrogen and oxygen atoms in total. The molecule has 42 heavy (non-hydrogen) atoms. The summed E-state index contributed by atoms with van der Waals surface area (Å²) in [6, 6.07) is 24.2. The molecule has 5 aliphatic rings. The number of phenols is 1. The summed E-state index contributed by atoms with van der Waals surface area (Å²) >= 11 is 0. The molecule has 3 aromatic rings. The van der Waals surface area contributed by atoms with Gasteiger partial charge in [0.05, 0.1) is 23.7 Å². The predicted octanol–water partition coefficient (Wildman–Crippen LogP) is 5.38. The Balaban J connectivity index is 1.19. The van der Waals surface area contributed by atoms with Crippen molar-refractivity contribution in [1.29, 1.82) is 0 Å². The lowest BCUT2D eigenvalue weighted by Gasteiger charge is -2.66. The van der Waals surface area contributed by atoms with Crippen molar-refractivity contribution < 1.29 is 19.4 Å². The highest BCUT2D eigenvalue weighted by molar-refractivity contribution is 5.92. The van der Waals surface area contributed by atoms with Crippen LogP contribution in [0.25, 0.3) is 6.08 Å². The van der Waals surface area contributed by atoms with Crippen LogP contribution in [0.1, 0.15) is 54.4 Å². The number of carbonyl (C=O) groups is 1. The van der Waals surface area contributed by atoms with Crippen molar-refractivity contribution in [2.45, 2.75) is 74.3 Å². The van der Waals surface area contributed by atoms with E-state index in [4.69, 9.17) is 9.47 Å². The Bertz CT molecular complexity index is 1520. The third-order valence-corrected chi connectivity index (χ3v) is 10.6. The van der Waals surface area contributed by atoms with Crippen molar-refractivity contribution in [2.24, 2.45) is 5.92 Å². The van der Waals surface area contributed by atoms with Gasteiger partial charge in [-0.3, -0.25) is 9.69 Å². The molecule has 1 saturated heterocycles. The number of likely N-dealkylation sites (tertiary alicyclic amines) is 1. The van der Waals surface area contributed by atoms with Crippen molar-refractivity contribution in [3.63, 3.8) is 0 Å². The fourth-order valence-electron chi connectivity index (χ4n) is 8.65. The van der Waals surface area contributed by atoms with E-state index in [1.165, 1.54) is 18.4 Å². The van der Waals surface area contributed by atoms with E-state index in [9.17, 15) is 9.90 Å². The quantitative estimate of drug-likeness (QED) is 0.361. The summed E-state index contributed by atoms with van der Waals surface area (Å²) in [5, 5.41) is 14.4. The number of ether oxygens (including phenoxy) is 2. The molecule has 1 spiro atoms. The first-order valence-electron chi connectivity index (χ1n) is 15.5. The van der Waals surface area contributed by atoms with Crippen LogP contribution in [0.5, 0.6) is 11.5 Å². The maximum absolute atomic E-state index is 13.3. The first-order valence-corrected chi connectivity index (χ1v) is 15.5. The second-order valence-corrected chi connectivity index (χ2v) is 12.9. The van der Waals surface area contributed by atoms with E-state index in [0.29, 0.717) is 12.4 Å². The van der Waals surface area contributed by atoms with Crippen molar-refractivity contribution >= 4 is 12.0 Å². The average Bonchev–Trinajstić information content (AvgIpc) is 3.77. The highest BCUT2D eigenvalue weighted by Crippen LogP contribution is 2.67. The summed E-state index contributed by atoms with van der Waals surface area (Å²) in [4.78, 5) is 16.0. The topological polar surface area (TPSA) is 71.0 Å². The van der Waals surface area contributed by atoms with E-state index < -0.39 is 11.0 Å². The van der Waals surface area contributed by atoms with Crippen LogP contribution in [-0.4, -0.2) is 52.8 Å². The second kappa shape index (κ2) is 9.99. The molecular formula is C36H38N2O4. The third-order valence-electron chi connectivity index (χ3n) is 10.6. The van der Waals surface area contributed by atoms with Crippen LogP contribution in [0.15, 0.2) is 78.9 Å². The van der Waals surface area contributed by atoms with Gasteiger partial charge in [-0.25, -0.2) is 0 Å². The van der Waals surface area contributed by atoms with Gasteiger partial charge in [0.15, 0.2) is 11.5 Å². The van der Waals surface area contributed by atoms with E-state index in [0.717, 1.165) is 61.4 Å². The van der Waals surface area contributed by atoms with Gasteiger partial charge in [-0.15, -0.1) is 0 Å². The molecule has 5 atom stereocenters. The van der Waals surface area contributed by atoms with Crippen molar-refractivity contribution in [2.75, 3.05) is 13.1 Å². The first kappa shape index (κ1) is 26.1. The highest BCUT2D eigenvalue weighted by Gasteiger charge is 2.74. The minimum absolute atomic E-state index is 0.125. The van der Waals surface area contributed by atoms with Crippen LogP contribution in [-0.2, 0) is 28.0 Å². The molecule has 216 valence electrons. The fraction of sp³-hybridized carbons (Fsp3) is 0.417. The molecule has 3 aliphatic carbocycles. The number of benzene rings is 3. The number of aromatic hydroxyl groups is 1. The van der Waals surface area contributed by atoms with E-state index in [1.54, 1.807) is 12.1 Å². The largest absolute Gasteiger partial charge is 0.504 e. The summed E-state index contributed by atoms with van der Waals surface area (Å²) in [6.07, 6.45) is 9.14. The molecule has 6 heteroatoms. The van der Waals surface area contributed by atoms with Crippen molar-refractivity contribution in [3.05, 3.63) is 101 Å². The van der Waals surface area contributed by atoms with Gasteiger partial charge in [0.1, 0.15) is 6.10 Å². The van der Waals surface area contributed by atoms with Crippen LogP contribution in [0.3, 0.4) is 0 Å². The lowest BCUT2D eigenvalue weighted by Crippen LogP contribution is -2.79. The normalized spacial score (nSPS) is 31.0. The minimum atomic E-state index is -0.478. The molecule has 8 rings (SSSR count). The second-order valence-electron chi connectivity index (χ2n) is 12.9. The zero-order valence-corrected chi connectivity index (χ0v) is 23.9. The molecule has 0 aromatic heterocycles. The monoisotopic (exact) mass is 562 g/mol. The summed E-state index contributed by atoms with van der Waals surface area (Å²) < 4.78 is 14.1. The Kier molecular flexibility index (Phi) is 6.20. The minimum Gasteiger partial charge on any atom is -0.504 e. The smallest absolute Gasteiger partial charge is 0.244 e. The number of piperidine rings is 1. The van der Waals surface area contributed by atoms with Crippen LogP contribution in [0, 0.1) is 5.92 Å². The van der Waals surface area contributed by atoms with E-state index in [-0.39, 0.29) is 29.8 Å². The molecule has 1 amide bonds. The molecular weight excluding hydrogens is 524 g/mol.